The Morgan fingerprint density at radius 2 is 1.78 bits per heavy atom. The number of amides is 1. The van der Waals surface area contributed by atoms with Crippen LogP contribution in [-0.2, 0) is 9.53 Å². The number of nitrogens with zero attached hydrogens (tertiary/aromatic N) is 4. The smallest absolute Gasteiger partial charge is 0.337 e. The molecule has 0 aliphatic rings. The van der Waals surface area contributed by atoms with E-state index in [0.29, 0.717) is 16.3 Å². The molecule has 8 nitrogen and oxygen atoms in total. The van der Waals surface area contributed by atoms with Gasteiger partial charge in [0.25, 0.3) is 0 Å². The predicted octanol–water partition coefficient (Wildman–Crippen LogP) is 3.85. The summed E-state index contributed by atoms with van der Waals surface area (Å²) in [5.74, 6) is -0.416. The third-order valence-corrected chi connectivity index (χ3v) is 5.43. The average molecular weight is 446 g/mol. The number of ether oxygens (including phenoxy) is 1. The summed E-state index contributed by atoms with van der Waals surface area (Å²) in [7, 11) is 1.32. The van der Waals surface area contributed by atoms with E-state index in [2.05, 4.69) is 25.3 Å². The lowest BCUT2D eigenvalue weighted by molar-refractivity contribution is -0.113. The first-order valence-corrected chi connectivity index (χ1v) is 10.7. The third-order valence-electron chi connectivity index (χ3n) is 4.51. The minimum absolute atomic E-state index is 0.180. The van der Waals surface area contributed by atoms with Crippen molar-refractivity contribution in [3.63, 3.8) is 0 Å². The lowest BCUT2D eigenvalue weighted by Gasteiger charge is -2.06. The first-order chi connectivity index (χ1) is 15.6. The van der Waals surface area contributed by atoms with E-state index in [1.54, 1.807) is 35.1 Å². The van der Waals surface area contributed by atoms with Gasteiger partial charge >= 0.3 is 5.97 Å². The van der Waals surface area contributed by atoms with Gasteiger partial charge in [0.2, 0.25) is 5.91 Å². The molecule has 160 valence electrons. The summed E-state index contributed by atoms with van der Waals surface area (Å²) < 4.78 is 6.44. The molecule has 32 heavy (non-hydrogen) atoms. The molecule has 4 aromatic rings. The van der Waals surface area contributed by atoms with Crippen molar-refractivity contribution in [1.82, 2.24) is 20.0 Å². The van der Waals surface area contributed by atoms with Crippen LogP contribution in [0.2, 0.25) is 0 Å². The number of esters is 1. The summed E-state index contributed by atoms with van der Waals surface area (Å²) in [6.45, 7) is 0. The summed E-state index contributed by atoms with van der Waals surface area (Å²) in [6, 6.07) is 20.0. The van der Waals surface area contributed by atoms with Gasteiger partial charge in [-0.25, -0.2) is 9.48 Å². The molecule has 0 spiro atoms. The highest BCUT2D eigenvalue weighted by Gasteiger charge is 2.08. The minimum Gasteiger partial charge on any atom is -0.465 e. The van der Waals surface area contributed by atoms with Crippen LogP contribution in [0.25, 0.3) is 16.9 Å². The van der Waals surface area contributed by atoms with Crippen molar-refractivity contribution in [3.05, 3.63) is 84.7 Å². The molecule has 0 aliphatic heterocycles. The van der Waals surface area contributed by atoms with Gasteiger partial charge < -0.3 is 10.1 Å². The fourth-order valence-corrected chi connectivity index (χ4v) is 3.52. The van der Waals surface area contributed by atoms with Gasteiger partial charge in [0.1, 0.15) is 5.03 Å². The van der Waals surface area contributed by atoms with Crippen LogP contribution >= 0.6 is 11.8 Å². The second kappa shape index (κ2) is 9.88. The molecule has 0 saturated carbocycles. The average Bonchev–Trinajstić information content (AvgIpc) is 3.38. The topological polar surface area (TPSA) is 99.0 Å². The molecule has 0 atom stereocenters. The summed E-state index contributed by atoms with van der Waals surface area (Å²) in [5, 5.41) is 16.1. The Morgan fingerprint density at radius 3 is 2.41 bits per heavy atom. The fourth-order valence-electron chi connectivity index (χ4n) is 2.90. The van der Waals surface area contributed by atoms with Gasteiger partial charge in [0.05, 0.1) is 29.8 Å². The molecular weight excluding hydrogens is 426 g/mol. The number of benzene rings is 2. The van der Waals surface area contributed by atoms with E-state index in [0.717, 1.165) is 16.9 Å². The lowest BCUT2D eigenvalue weighted by Crippen LogP contribution is -2.14. The van der Waals surface area contributed by atoms with Crippen LogP contribution in [0.1, 0.15) is 10.4 Å². The largest absolute Gasteiger partial charge is 0.465 e. The van der Waals surface area contributed by atoms with E-state index in [1.807, 2.05) is 48.7 Å². The quantitative estimate of drug-likeness (QED) is 0.341. The van der Waals surface area contributed by atoms with E-state index in [4.69, 9.17) is 0 Å². The number of hydrogen-bond acceptors (Lipinski definition) is 7. The summed E-state index contributed by atoms with van der Waals surface area (Å²) >= 11 is 1.29. The zero-order chi connectivity index (χ0) is 22.3. The molecule has 1 amide bonds. The lowest BCUT2D eigenvalue weighted by atomic mass is 10.1. The number of carbonyl (C=O) groups excluding carboxylic acids is 2. The number of methoxy groups -OCH3 is 1. The Bertz CT molecular complexity index is 1190. The van der Waals surface area contributed by atoms with Gasteiger partial charge in [-0.1, -0.05) is 23.9 Å². The SMILES string of the molecule is COC(=O)c1ccc(NC(=O)CSc2ccc(-c3ccc(-n4cccn4)cc3)nn2)cc1. The van der Waals surface area contributed by atoms with Crippen molar-refractivity contribution >= 4 is 29.3 Å². The van der Waals surface area contributed by atoms with Crippen molar-refractivity contribution in [3.8, 4) is 16.9 Å². The molecule has 2 heterocycles. The number of aromatic nitrogens is 4. The number of hydrogen-bond donors (Lipinski definition) is 1. The predicted molar refractivity (Wildman–Crippen MR) is 122 cm³/mol. The number of nitrogens with one attached hydrogen (secondary N) is 1. The van der Waals surface area contributed by atoms with Crippen molar-refractivity contribution in [1.29, 1.82) is 0 Å². The molecule has 2 aromatic heterocycles. The van der Waals surface area contributed by atoms with E-state index in [-0.39, 0.29) is 11.7 Å². The Hall–Kier alpha value is -3.98. The van der Waals surface area contributed by atoms with Gasteiger partial charge in [-0.15, -0.1) is 10.2 Å². The van der Waals surface area contributed by atoms with Crippen molar-refractivity contribution in [2.45, 2.75) is 5.03 Å². The minimum atomic E-state index is -0.422. The Kier molecular flexibility index (Phi) is 6.57. The normalized spacial score (nSPS) is 10.5. The number of anilines is 1. The van der Waals surface area contributed by atoms with Crippen molar-refractivity contribution in [2.75, 3.05) is 18.2 Å². The van der Waals surface area contributed by atoms with Crippen LogP contribution < -0.4 is 5.32 Å². The number of thioether (sulfide) groups is 1. The van der Waals surface area contributed by atoms with Crippen LogP contribution in [0.15, 0.2) is 84.1 Å². The zero-order valence-electron chi connectivity index (χ0n) is 17.1. The monoisotopic (exact) mass is 445 g/mol. The highest BCUT2D eigenvalue weighted by molar-refractivity contribution is 7.99. The molecule has 0 unspecified atom stereocenters. The second-order valence-corrected chi connectivity index (χ2v) is 7.66. The highest BCUT2D eigenvalue weighted by atomic mass is 32.2. The molecule has 0 fully saturated rings. The van der Waals surface area contributed by atoms with E-state index in [1.165, 1.54) is 18.9 Å². The molecular formula is C23H19N5O3S. The van der Waals surface area contributed by atoms with Gasteiger partial charge in [0, 0.05) is 23.6 Å². The molecule has 0 radical (unpaired) electrons. The van der Waals surface area contributed by atoms with Gasteiger partial charge in [0.15, 0.2) is 0 Å². The first kappa shape index (κ1) is 21.3. The molecule has 4 rings (SSSR count). The maximum Gasteiger partial charge on any atom is 0.337 e. The van der Waals surface area contributed by atoms with Crippen molar-refractivity contribution < 1.29 is 14.3 Å². The van der Waals surface area contributed by atoms with E-state index >= 15 is 0 Å². The standard InChI is InChI=1S/C23H19N5O3S/c1-31-23(30)17-3-7-18(8-4-17)25-21(29)15-32-22-12-11-20(26-27-22)16-5-9-19(10-6-16)28-14-2-13-24-28/h2-14H,15H2,1H3,(H,25,29). The molecule has 0 bridgehead atoms. The summed E-state index contributed by atoms with van der Waals surface area (Å²) in [5.41, 5.74) is 3.67. The second-order valence-electron chi connectivity index (χ2n) is 6.66. The van der Waals surface area contributed by atoms with E-state index in [9.17, 15) is 9.59 Å². The van der Waals surface area contributed by atoms with Crippen LogP contribution in [0.5, 0.6) is 0 Å². The maximum atomic E-state index is 12.2. The van der Waals surface area contributed by atoms with Crippen molar-refractivity contribution in [2.24, 2.45) is 0 Å². The Labute approximate surface area is 188 Å². The Morgan fingerprint density at radius 1 is 1.00 bits per heavy atom. The maximum absolute atomic E-state index is 12.2. The van der Waals surface area contributed by atoms with Gasteiger partial charge in [-0.3, -0.25) is 4.79 Å². The Balaban J connectivity index is 1.31. The highest BCUT2D eigenvalue weighted by Crippen LogP contribution is 2.21. The van der Waals surface area contributed by atoms with Crippen LogP contribution in [-0.4, -0.2) is 44.7 Å². The molecule has 9 heteroatoms. The van der Waals surface area contributed by atoms with Crippen LogP contribution in [0, 0.1) is 0 Å². The summed E-state index contributed by atoms with van der Waals surface area (Å²) in [4.78, 5) is 23.7. The molecule has 2 aromatic carbocycles. The summed E-state index contributed by atoms with van der Waals surface area (Å²) in [6.07, 6.45) is 3.62. The molecule has 0 aliphatic carbocycles. The van der Waals surface area contributed by atoms with Gasteiger partial charge in [-0.2, -0.15) is 5.10 Å². The van der Waals surface area contributed by atoms with E-state index < -0.39 is 5.97 Å². The van der Waals surface area contributed by atoms with Crippen LogP contribution in [0.4, 0.5) is 5.69 Å². The third kappa shape index (κ3) is 5.19. The molecule has 0 saturated heterocycles. The van der Waals surface area contributed by atoms with Crippen LogP contribution in [0.3, 0.4) is 0 Å². The molecule has 1 N–H and O–H groups in total. The fraction of sp³-hybridized carbons (Fsp3) is 0.0870. The van der Waals surface area contributed by atoms with Gasteiger partial charge in [-0.05, 0) is 54.6 Å². The number of carbonyl (C=O) groups is 2. The zero-order valence-corrected chi connectivity index (χ0v) is 18.0. The first-order valence-electron chi connectivity index (χ1n) is 9.67. The number of rotatable bonds is 7.